The van der Waals surface area contributed by atoms with E-state index in [9.17, 15) is 33.3 Å². The molecule has 3 N–H and O–H groups in total. The first-order valence-electron chi connectivity index (χ1n) is 33.6. The average molecular weight is 1360 g/mol. The predicted molar refractivity (Wildman–Crippen MR) is 367 cm³/mol. The number of nitrogens with one attached hydrogen (secondary N) is 2. The van der Waals surface area contributed by atoms with Gasteiger partial charge in [0.2, 0.25) is 65.0 Å². The van der Waals surface area contributed by atoms with Crippen molar-refractivity contribution in [3.8, 4) is 0 Å². The SMILES string of the molecule is CC[C@H](C)[C@H]1C(=O)N[C@H](C(=O)N2CCCCC2)CS(=O)CC(=O)N(C)[C@@H](Cc2ccccc2)C(=O)N(C)[C@@H](C)C(=O)N(C)[C@@H](Cc2ccccc2)C(=O)N(C)[C@@H](CC(C)C)C(=O)N[C@@H]([C@@H](C)O)C(=O)N(C)CC(=O)N(C)[C@@H](CC(C)C)C(=O)N(C)[C@@H](COC(C)(C)C)C(=O)N1C. The summed E-state index contributed by atoms with van der Waals surface area (Å²) in [7, 11) is 8.90. The van der Waals surface area contributed by atoms with E-state index in [1.807, 2.05) is 34.6 Å². The van der Waals surface area contributed by atoms with Gasteiger partial charge in [-0.1, -0.05) is 109 Å². The van der Waals surface area contributed by atoms with Crippen LogP contribution in [0.1, 0.15) is 126 Å². The van der Waals surface area contributed by atoms with E-state index in [4.69, 9.17) is 4.74 Å². The van der Waals surface area contributed by atoms with E-state index in [1.54, 1.807) is 93.3 Å². The molecule has 2 heterocycles. The minimum atomic E-state index is -2.19. The van der Waals surface area contributed by atoms with Crippen molar-refractivity contribution in [2.45, 2.75) is 194 Å². The fourth-order valence-electron chi connectivity index (χ4n) is 12.0. The molecule has 2 aliphatic heterocycles. The van der Waals surface area contributed by atoms with E-state index in [0.717, 1.165) is 16.2 Å². The van der Waals surface area contributed by atoms with Crippen LogP contribution < -0.4 is 10.6 Å². The highest BCUT2D eigenvalue weighted by molar-refractivity contribution is 7.85. The van der Waals surface area contributed by atoms with Gasteiger partial charge in [0.25, 0.3) is 0 Å². The zero-order valence-corrected chi connectivity index (χ0v) is 61.2. The van der Waals surface area contributed by atoms with Gasteiger partial charge in [-0.2, -0.15) is 0 Å². The van der Waals surface area contributed by atoms with Crippen LogP contribution >= 0.6 is 0 Å². The number of hydrogen-bond donors (Lipinski definition) is 3. The minimum absolute atomic E-state index is 0.0480. The van der Waals surface area contributed by atoms with Gasteiger partial charge in [0.1, 0.15) is 60.1 Å². The average Bonchev–Trinajstić information content (AvgIpc) is 0.850. The molecule has 96 heavy (non-hydrogen) atoms. The van der Waals surface area contributed by atoms with Crippen LogP contribution in [-0.4, -0.2) is 279 Å². The Morgan fingerprint density at radius 1 is 0.573 bits per heavy atom. The molecular weight excluding hydrogens is 1250 g/mol. The zero-order chi connectivity index (χ0) is 72.4. The van der Waals surface area contributed by atoms with E-state index in [1.165, 1.54) is 99.6 Å². The second-order valence-electron chi connectivity index (χ2n) is 28.0. The molecule has 12 atom stereocenters. The van der Waals surface area contributed by atoms with E-state index < -0.39 is 166 Å². The van der Waals surface area contributed by atoms with Crippen LogP contribution in [0.15, 0.2) is 60.7 Å². The van der Waals surface area contributed by atoms with Crippen LogP contribution in [0.3, 0.4) is 0 Å². The molecule has 2 aromatic rings. The number of likely N-dealkylation sites (tertiary alicyclic amines) is 1. The highest BCUT2D eigenvalue weighted by Gasteiger charge is 2.45. The molecule has 0 aliphatic carbocycles. The Morgan fingerprint density at radius 3 is 1.53 bits per heavy atom. The van der Waals surface area contributed by atoms with Crippen molar-refractivity contribution in [2.75, 3.05) is 94.1 Å². The summed E-state index contributed by atoms with van der Waals surface area (Å²) in [4.78, 5) is 175. The molecule has 26 heteroatoms. The molecule has 0 bridgehead atoms. The topological polar surface area (TPSA) is 288 Å². The molecule has 0 radical (unpaired) electrons. The number of hydrogen-bond acceptors (Lipinski definition) is 14. The Bertz CT molecular complexity index is 3020. The van der Waals surface area contributed by atoms with E-state index >= 15 is 28.8 Å². The first-order valence-corrected chi connectivity index (χ1v) is 35.1. The molecular formula is C70H111N11O14S. The summed E-state index contributed by atoms with van der Waals surface area (Å²) in [5.74, 6) is -10.2. The van der Waals surface area contributed by atoms with Gasteiger partial charge in [0.15, 0.2) is 0 Å². The van der Waals surface area contributed by atoms with Crippen molar-refractivity contribution in [3.05, 3.63) is 71.8 Å². The number of benzene rings is 2. The molecule has 2 aliphatic rings. The molecule has 4 rings (SSSR count). The number of nitrogens with zero attached hydrogens (tertiary/aromatic N) is 9. The summed E-state index contributed by atoms with van der Waals surface area (Å²) in [6.45, 7) is 18.7. The lowest BCUT2D eigenvalue weighted by Crippen LogP contribution is -2.62. The third kappa shape index (κ3) is 22.4. The second kappa shape index (κ2) is 36.9. The van der Waals surface area contributed by atoms with E-state index in [-0.39, 0.29) is 44.1 Å². The van der Waals surface area contributed by atoms with Crippen molar-refractivity contribution in [3.63, 3.8) is 0 Å². The number of amides is 11. The molecule has 0 spiro atoms. The van der Waals surface area contributed by atoms with Crippen LogP contribution in [-0.2, 0) is 81.1 Å². The molecule has 536 valence electrons. The van der Waals surface area contributed by atoms with Crippen LogP contribution in [0, 0.1) is 17.8 Å². The summed E-state index contributed by atoms with van der Waals surface area (Å²) in [5.41, 5.74) is 0.447. The molecule has 1 unspecified atom stereocenters. The standard InChI is InChI=1S/C70H111N11O14S/c1-20-46(6)60-62(86)71-51(64(88)81-34-28-23-29-35-81)42-96(94)43-58(84)76(15)54(38-49-30-24-21-25-31-49)65(89)74(13)47(7)63(87)78(17)55(39-50-32-26-22-27-33-50)67(91)77(16)52(36-44(2)3)61(85)72-59(48(8)82)69(93)73(12)40-57(83)75(14)53(37-45(4)5)66(90)79(18)56(68(92)80(60)19)41-95-70(9,10)11/h21-22,24-27,30-33,44-48,51-56,59-60,82H,20,23,28-29,34-43H2,1-19H3,(H,71,86)(H,72,85)/t46-,47-,48+,51-,52-,53-,54-,55-,56-,59-,60-,96?/m0/s1. The number of aliphatic hydroxyl groups is 1. The quantitative estimate of drug-likeness (QED) is 0.245. The largest absolute Gasteiger partial charge is 0.391 e. The molecule has 2 aromatic carbocycles. The number of piperidine rings is 1. The smallest absolute Gasteiger partial charge is 0.248 e. The Morgan fingerprint density at radius 2 is 1.03 bits per heavy atom. The highest BCUT2D eigenvalue weighted by Crippen LogP contribution is 2.25. The molecule has 2 saturated heterocycles. The van der Waals surface area contributed by atoms with Crippen LogP contribution in [0.5, 0.6) is 0 Å². The summed E-state index contributed by atoms with van der Waals surface area (Å²) < 4.78 is 20.8. The van der Waals surface area contributed by atoms with Crippen LogP contribution in [0.2, 0.25) is 0 Å². The maximum absolute atomic E-state index is 15.3. The third-order valence-corrected chi connectivity index (χ3v) is 19.7. The fourth-order valence-corrected chi connectivity index (χ4v) is 13.2. The molecule has 0 aromatic heterocycles. The first-order chi connectivity index (χ1) is 44.8. The van der Waals surface area contributed by atoms with Crippen molar-refractivity contribution in [2.24, 2.45) is 17.8 Å². The maximum atomic E-state index is 15.3. The van der Waals surface area contributed by atoms with E-state index in [2.05, 4.69) is 10.6 Å². The summed E-state index contributed by atoms with van der Waals surface area (Å²) in [5, 5.41) is 16.7. The Balaban J connectivity index is 1.96. The fraction of sp³-hybridized carbons (Fsp3) is 0.671. The maximum Gasteiger partial charge on any atom is 0.248 e. The van der Waals surface area contributed by atoms with Gasteiger partial charge in [-0.25, -0.2) is 0 Å². The number of carbonyl (C=O) groups is 11. The zero-order valence-electron chi connectivity index (χ0n) is 60.4. The van der Waals surface area contributed by atoms with Gasteiger partial charge in [0, 0.05) is 93.1 Å². The summed E-state index contributed by atoms with van der Waals surface area (Å²) in [6, 6.07) is 5.45. The minimum Gasteiger partial charge on any atom is -0.391 e. The lowest BCUT2D eigenvalue weighted by atomic mass is 9.95. The first kappa shape index (κ1) is 81.1. The molecule has 11 amide bonds. The monoisotopic (exact) mass is 1360 g/mol. The van der Waals surface area contributed by atoms with Crippen molar-refractivity contribution >= 4 is 75.8 Å². The van der Waals surface area contributed by atoms with Crippen molar-refractivity contribution in [1.29, 1.82) is 0 Å². The van der Waals surface area contributed by atoms with Crippen molar-refractivity contribution in [1.82, 2.24) is 54.7 Å². The third-order valence-electron chi connectivity index (χ3n) is 18.4. The van der Waals surface area contributed by atoms with Gasteiger partial charge in [-0.3, -0.25) is 56.9 Å². The lowest BCUT2D eigenvalue weighted by molar-refractivity contribution is -0.157. The summed E-state index contributed by atoms with van der Waals surface area (Å²) in [6.07, 6.45) is 1.04. The summed E-state index contributed by atoms with van der Waals surface area (Å²) >= 11 is 0. The predicted octanol–water partition coefficient (Wildman–Crippen LogP) is 2.82. The van der Waals surface area contributed by atoms with Crippen LogP contribution in [0.25, 0.3) is 0 Å². The van der Waals surface area contributed by atoms with Crippen LogP contribution in [0.4, 0.5) is 0 Å². The second-order valence-corrected chi connectivity index (χ2v) is 29.5. The number of ether oxygens (including phenoxy) is 1. The molecule has 0 saturated carbocycles. The van der Waals surface area contributed by atoms with Gasteiger partial charge in [0.05, 0.1) is 30.6 Å². The Labute approximate surface area is 572 Å². The number of likely N-dealkylation sites (N-methyl/N-ethyl adjacent to an activating group) is 8. The number of rotatable bonds is 14. The van der Waals surface area contributed by atoms with E-state index in [0.29, 0.717) is 43.5 Å². The molecule has 25 nitrogen and oxygen atoms in total. The van der Waals surface area contributed by atoms with Gasteiger partial charge in [-0.05, 0) is 95.6 Å². The number of aliphatic hydroxyl groups excluding tert-OH is 1. The normalized spacial score (nSPS) is 26.0. The lowest BCUT2D eigenvalue weighted by Gasteiger charge is -2.40. The van der Waals surface area contributed by atoms with Gasteiger partial charge < -0.3 is 64.6 Å². The Kier molecular flexibility index (Phi) is 31.1. The highest BCUT2D eigenvalue weighted by atomic mass is 32.2. The van der Waals surface area contributed by atoms with Gasteiger partial charge in [-0.15, -0.1) is 0 Å². The number of carbonyl (C=O) groups excluding carboxylic acids is 11. The van der Waals surface area contributed by atoms with Crippen molar-refractivity contribution < 1.29 is 66.8 Å². The Hall–Kier alpha value is -7.32. The van der Waals surface area contributed by atoms with Gasteiger partial charge >= 0.3 is 0 Å². The molecule has 2 fully saturated rings.